The number of amides is 1. The molecule has 0 saturated carbocycles. The quantitative estimate of drug-likeness (QED) is 0.429. The van der Waals surface area contributed by atoms with Crippen LogP contribution in [0.3, 0.4) is 0 Å². The highest BCUT2D eigenvalue weighted by Crippen LogP contribution is 2.13. The Kier molecular flexibility index (Phi) is 7.01. The largest absolute Gasteiger partial charge is 0.459 e. The predicted octanol–water partition coefficient (Wildman–Crippen LogP) is 1.67. The number of nitrogens with zero attached hydrogens (tertiary/aromatic N) is 2. The smallest absolute Gasteiger partial charge is 0.325 e. The highest BCUT2D eigenvalue weighted by molar-refractivity contribution is 5.85. The number of hydrogen-bond donors (Lipinski definition) is 1. The summed E-state index contributed by atoms with van der Waals surface area (Å²) in [5.41, 5.74) is 7.43. The van der Waals surface area contributed by atoms with Gasteiger partial charge in [-0.05, 0) is 17.5 Å². The van der Waals surface area contributed by atoms with Gasteiger partial charge in [0.05, 0.1) is 11.0 Å². The topological polar surface area (TPSA) is 116 Å². The van der Waals surface area contributed by atoms with E-state index in [0.717, 1.165) is 5.56 Å². The van der Waals surface area contributed by atoms with Crippen LogP contribution in [0.5, 0.6) is 0 Å². The molecular weight excluding hydrogens is 350 g/mol. The standard InChI is InChI=1S/C19H21N3O5/c1-21(12-18(23)27-13-15-5-3-2-4-6-15)19(24)17(20)11-14-7-9-16(10-8-14)22(25)26/h2-10,17H,11-13,20H2,1H3/t17-/m1/s1. The zero-order chi connectivity index (χ0) is 19.8. The van der Waals surface area contributed by atoms with Crippen LogP contribution in [0.1, 0.15) is 11.1 Å². The monoisotopic (exact) mass is 371 g/mol. The minimum Gasteiger partial charge on any atom is -0.459 e. The molecule has 0 aliphatic carbocycles. The molecule has 0 heterocycles. The van der Waals surface area contributed by atoms with Gasteiger partial charge in [0.15, 0.2) is 0 Å². The molecule has 2 aromatic rings. The zero-order valence-corrected chi connectivity index (χ0v) is 14.9. The number of carbonyl (C=O) groups excluding carboxylic acids is 2. The van der Waals surface area contributed by atoms with Crippen LogP contribution in [0.15, 0.2) is 54.6 Å². The molecule has 8 nitrogen and oxygen atoms in total. The maximum Gasteiger partial charge on any atom is 0.325 e. The summed E-state index contributed by atoms with van der Waals surface area (Å²) in [5, 5.41) is 10.7. The van der Waals surface area contributed by atoms with Crippen molar-refractivity contribution >= 4 is 17.6 Å². The van der Waals surface area contributed by atoms with Gasteiger partial charge in [-0.15, -0.1) is 0 Å². The van der Waals surface area contributed by atoms with Gasteiger partial charge < -0.3 is 15.4 Å². The lowest BCUT2D eigenvalue weighted by Gasteiger charge is -2.20. The third kappa shape index (κ3) is 6.19. The molecular formula is C19H21N3O5. The fraction of sp³-hybridized carbons (Fsp3) is 0.263. The van der Waals surface area contributed by atoms with E-state index in [-0.39, 0.29) is 25.3 Å². The molecule has 27 heavy (non-hydrogen) atoms. The number of ether oxygens (including phenoxy) is 1. The first kappa shape index (κ1) is 20.1. The van der Waals surface area contributed by atoms with Crippen LogP contribution in [0.25, 0.3) is 0 Å². The molecule has 1 atom stereocenters. The molecule has 0 aromatic heterocycles. The number of nitro benzene ring substituents is 1. The molecule has 2 aromatic carbocycles. The van der Waals surface area contributed by atoms with Crippen molar-refractivity contribution in [3.8, 4) is 0 Å². The van der Waals surface area contributed by atoms with Gasteiger partial charge in [0, 0.05) is 19.2 Å². The summed E-state index contributed by atoms with van der Waals surface area (Å²) in [4.78, 5) is 35.6. The number of nitro groups is 1. The Balaban J connectivity index is 1.82. The number of likely N-dealkylation sites (N-methyl/N-ethyl adjacent to an activating group) is 1. The third-order valence-electron chi connectivity index (χ3n) is 3.91. The fourth-order valence-corrected chi connectivity index (χ4v) is 2.43. The van der Waals surface area contributed by atoms with Crippen molar-refractivity contribution in [2.45, 2.75) is 19.1 Å². The number of carbonyl (C=O) groups is 2. The molecule has 0 fully saturated rings. The predicted molar refractivity (Wildman–Crippen MR) is 98.7 cm³/mol. The minimum absolute atomic E-state index is 0.0306. The Labute approximate surface area is 156 Å². The molecule has 0 saturated heterocycles. The van der Waals surface area contributed by atoms with Crippen LogP contribution in [-0.2, 0) is 27.4 Å². The van der Waals surface area contributed by atoms with E-state index in [1.54, 1.807) is 12.1 Å². The lowest BCUT2D eigenvalue weighted by Crippen LogP contribution is -2.45. The summed E-state index contributed by atoms with van der Waals surface area (Å²) in [7, 11) is 1.47. The molecule has 0 aliphatic rings. The zero-order valence-electron chi connectivity index (χ0n) is 14.9. The summed E-state index contributed by atoms with van der Waals surface area (Å²) in [6.07, 6.45) is 0.209. The first-order chi connectivity index (χ1) is 12.9. The second kappa shape index (κ2) is 9.44. The van der Waals surface area contributed by atoms with Crippen molar-refractivity contribution in [2.24, 2.45) is 5.73 Å². The molecule has 0 bridgehead atoms. The van der Waals surface area contributed by atoms with Crippen LogP contribution < -0.4 is 5.73 Å². The molecule has 0 radical (unpaired) electrons. The van der Waals surface area contributed by atoms with E-state index >= 15 is 0 Å². The summed E-state index contributed by atoms with van der Waals surface area (Å²) in [5.74, 6) is -0.942. The van der Waals surface area contributed by atoms with Crippen LogP contribution >= 0.6 is 0 Å². The second-order valence-corrected chi connectivity index (χ2v) is 6.07. The first-order valence-corrected chi connectivity index (χ1v) is 8.30. The Morgan fingerprint density at radius 2 is 1.74 bits per heavy atom. The summed E-state index contributed by atoms with van der Waals surface area (Å²) in [6.45, 7) is -0.0732. The van der Waals surface area contributed by atoms with Gasteiger partial charge in [-0.1, -0.05) is 42.5 Å². The molecule has 8 heteroatoms. The first-order valence-electron chi connectivity index (χ1n) is 8.30. The van der Waals surface area contributed by atoms with E-state index in [4.69, 9.17) is 10.5 Å². The number of esters is 1. The molecule has 1 amide bonds. The summed E-state index contributed by atoms with van der Waals surface area (Å²) in [6, 6.07) is 14.2. The number of non-ortho nitro benzene ring substituents is 1. The van der Waals surface area contributed by atoms with Crippen LogP contribution in [0.2, 0.25) is 0 Å². The maximum absolute atomic E-state index is 12.3. The average Bonchev–Trinajstić information content (AvgIpc) is 2.67. The Morgan fingerprint density at radius 1 is 1.11 bits per heavy atom. The number of rotatable bonds is 8. The number of benzene rings is 2. The number of hydrogen-bond acceptors (Lipinski definition) is 6. The normalized spacial score (nSPS) is 11.5. The van der Waals surface area contributed by atoms with Gasteiger partial charge in [-0.2, -0.15) is 0 Å². The maximum atomic E-state index is 12.3. The number of nitrogens with two attached hydrogens (primary N) is 1. The third-order valence-corrected chi connectivity index (χ3v) is 3.91. The van der Waals surface area contributed by atoms with Gasteiger partial charge in [0.2, 0.25) is 5.91 Å². The summed E-state index contributed by atoms with van der Waals surface area (Å²) >= 11 is 0. The SMILES string of the molecule is CN(CC(=O)OCc1ccccc1)C(=O)[C@H](N)Cc1ccc([N+](=O)[O-])cc1. The lowest BCUT2D eigenvalue weighted by molar-refractivity contribution is -0.384. The molecule has 0 spiro atoms. The van der Waals surface area contributed by atoms with Crippen molar-refractivity contribution in [3.63, 3.8) is 0 Å². The van der Waals surface area contributed by atoms with E-state index in [9.17, 15) is 19.7 Å². The van der Waals surface area contributed by atoms with E-state index in [2.05, 4.69) is 0 Å². The van der Waals surface area contributed by atoms with E-state index < -0.39 is 22.8 Å². The molecule has 0 unspecified atom stereocenters. The molecule has 2 rings (SSSR count). The van der Waals surface area contributed by atoms with E-state index in [0.29, 0.717) is 5.56 Å². The van der Waals surface area contributed by atoms with Crippen LogP contribution in [0.4, 0.5) is 5.69 Å². The van der Waals surface area contributed by atoms with Crippen molar-refractivity contribution in [1.29, 1.82) is 0 Å². The molecule has 0 aliphatic heterocycles. The second-order valence-electron chi connectivity index (χ2n) is 6.07. The average molecular weight is 371 g/mol. The highest BCUT2D eigenvalue weighted by Gasteiger charge is 2.21. The van der Waals surface area contributed by atoms with E-state index in [1.165, 1.54) is 24.1 Å². The van der Waals surface area contributed by atoms with Crippen LogP contribution in [-0.4, -0.2) is 41.3 Å². The Bertz CT molecular complexity index is 793. The fourth-order valence-electron chi connectivity index (χ4n) is 2.43. The Morgan fingerprint density at radius 3 is 2.33 bits per heavy atom. The Hall–Kier alpha value is -3.26. The molecule has 2 N–H and O–H groups in total. The van der Waals surface area contributed by atoms with Crippen molar-refractivity contribution in [1.82, 2.24) is 4.90 Å². The lowest BCUT2D eigenvalue weighted by atomic mass is 10.1. The van der Waals surface area contributed by atoms with Gasteiger partial charge in [0.1, 0.15) is 13.2 Å². The van der Waals surface area contributed by atoms with E-state index in [1.807, 2.05) is 30.3 Å². The van der Waals surface area contributed by atoms with Crippen molar-refractivity contribution in [2.75, 3.05) is 13.6 Å². The van der Waals surface area contributed by atoms with Crippen LogP contribution in [0, 0.1) is 10.1 Å². The summed E-state index contributed by atoms with van der Waals surface area (Å²) < 4.78 is 5.15. The van der Waals surface area contributed by atoms with Crippen molar-refractivity contribution in [3.05, 3.63) is 75.8 Å². The van der Waals surface area contributed by atoms with Gasteiger partial charge >= 0.3 is 5.97 Å². The van der Waals surface area contributed by atoms with Gasteiger partial charge in [-0.25, -0.2) is 0 Å². The molecule has 142 valence electrons. The van der Waals surface area contributed by atoms with Gasteiger partial charge in [-0.3, -0.25) is 19.7 Å². The highest BCUT2D eigenvalue weighted by atomic mass is 16.6. The van der Waals surface area contributed by atoms with Gasteiger partial charge in [0.25, 0.3) is 5.69 Å². The van der Waals surface area contributed by atoms with Crippen molar-refractivity contribution < 1.29 is 19.2 Å². The minimum atomic E-state index is -0.863.